The molecule has 1 aliphatic heterocycles. The van der Waals surface area contributed by atoms with Crippen LogP contribution in [0.4, 0.5) is 5.69 Å². The van der Waals surface area contributed by atoms with E-state index in [0.717, 1.165) is 0 Å². The Morgan fingerprint density at radius 1 is 1.32 bits per heavy atom. The van der Waals surface area contributed by atoms with Crippen LogP contribution in [0.1, 0.15) is 24.2 Å². The zero-order valence-corrected chi connectivity index (χ0v) is 11.2. The Morgan fingerprint density at radius 2 is 2.00 bits per heavy atom. The maximum Gasteiger partial charge on any atom is 0.254 e. The Morgan fingerprint density at radius 3 is 2.58 bits per heavy atom. The van der Waals surface area contributed by atoms with Gasteiger partial charge in [-0.05, 0) is 31.2 Å². The Kier molecular flexibility index (Phi) is 4.16. The largest absolute Gasteiger partial charge is 0.375 e. The lowest BCUT2D eigenvalue weighted by atomic mass is 10.1. The van der Waals surface area contributed by atoms with E-state index in [1.807, 2.05) is 6.92 Å². The maximum atomic E-state index is 12.3. The van der Waals surface area contributed by atoms with Gasteiger partial charge in [-0.2, -0.15) is 0 Å². The van der Waals surface area contributed by atoms with Gasteiger partial charge >= 0.3 is 0 Å². The van der Waals surface area contributed by atoms with Crippen LogP contribution in [0.2, 0.25) is 0 Å². The van der Waals surface area contributed by atoms with Gasteiger partial charge in [0.25, 0.3) is 5.91 Å². The predicted molar refractivity (Wildman–Crippen MR) is 72.1 cm³/mol. The number of nitrogens with one attached hydrogen (secondary N) is 1. The van der Waals surface area contributed by atoms with Gasteiger partial charge in [-0.25, -0.2) is 0 Å². The third-order valence-electron chi connectivity index (χ3n) is 2.98. The standard InChI is InChI=1S/C14H18N2O3/c1-10-9-16(7-8-19-10)14(18)12-3-5-13(6-4-12)15-11(2)17/h3-6,10H,7-9H2,1-2H3,(H,15,17)/t10-/m1/s1. The van der Waals surface area contributed by atoms with Crippen LogP contribution < -0.4 is 5.32 Å². The van der Waals surface area contributed by atoms with Crippen molar-refractivity contribution in [1.29, 1.82) is 0 Å². The number of hydrogen-bond donors (Lipinski definition) is 1. The van der Waals surface area contributed by atoms with Crippen molar-refractivity contribution in [3.8, 4) is 0 Å². The van der Waals surface area contributed by atoms with E-state index >= 15 is 0 Å². The minimum Gasteiger partial charge on any atom is -0.375 e. The number of carbonyl (C=O) groups is 2. The zero-order valence-electron chi connectivity index (χ0n) is 11.2. The van der Waals surface area contributed by atoms with Crippen molar-refractivity contribution < 1.29 is 14.3 Å². The lowest BCUT2D eigenvalue weighted by Gasteiger charge is -2.31. The molecule has 1 heterocycles. The van der Waals surface area contributed by atoms with Crippen molar-refractivity contribution in [1.82, 2.24) is 4.90 Å². The highest BCUT2D eigenvalue weighted by molar-refractivity contribution is 5.95. The molecule has 0 radical (unpaired) electrons. The highest BCUT2D eigenvalue weighted by Crippen LogP contribution is 2.13. The summed E-state index contributed by atoms with van der Waals surface area (Å²) < 4.78 is 5.42. The summed E-state index contributed by atoms with van der Waals surface area (Å²) in [5, 5.41) is 2.67. The van der Waals surface area contributed by atoms with Gasteiger partial charge in [0, 0.05) is 31.3 Å². The van der Waals surface area contributed by atoms with Crippen molar-refractivity contribution in [2.24, 2.45) is 0 Å². The van der Waals surface area contributed by atoms with Crippen LogP contribution >= 0.6 is 0 Å². The highest BCUT2D eigenvalue weighted by Gasteiger charge is 2.22. The summed E-state index contributed by atoms with van der Waals surface area (Å²) in [4.78, 5) is 25.0. The van der Waals surface area contributed by atoms with Gasteiger partial charge in [0.05, 0.1) is 12.7 Å². The van der Waals surface area contributed by atoms with Crippen molar-refractivity contribution in [2.75, 3.05) is 25.0 Å². The summed E-state index contributed by atoms with van der Waals surface area (Å²) in [5.74, 6) is -0.120. The fourth-order valence-electron chi connectivity index (χ4n) is 2.08. The minimum absolute atomic E-state index is 0.00419. The Labute approximate surface area is 112 Å². The smallest absolute Gasteiger partial charge is 0.254 e. The van der Waals surface area contributed by atoms with E-state index in [4.69, 9.17) is 4.74 Å². The Balaban J connectivity index is 2.04. The third-order valence-corrected chi connectivity index (χ3v) is 2.98. The van der Waals surface area contributed by atoms with E-state index in [9.17, 15) is 9.59 Å². The molecule has 19 heavy (non-hydrogen) atoms. The summed E-state index contributed by atoms with van der Waals surface area (Å²) in [6.07, 6.45) is 0.0800. The fraction of sp³-hybridized carbons (Fsp3) is 0.429. The second kappa shape index (κ2) is 5.84. The molecule has 1 aromatic carbocycles. The monoisotopic (exact) mass is 262 g/mol. The molecule has 1 fully saturated rings. The summed E-state index contributed by atoms with van der Waals surface area (Å²) in [6, 6.07) is 6.93. The first-order chi connectivity index (χ1) is 9.06. The van der Waals surface area contributed by atoms with Crippen LogP contribution in [-0.4, -0.2) is 42.5 Å². The van der Waals surface area contributed by atoms with E-state index in [2.05, 4.69) is 5.32 Å². The first-order valence-corrected chi connectivity index (χ1v) is 6.35. The molecular weight excluding hydrogens is 244 g/mol. The molecule has 0 aromatic heterocycles. The van der Waals surface area contributed by atoms with Crippen molar-refractivity contribution in [3.05, 3.63) is 29.8 Å². The lowest BCUT2D eigenvalue weighted by molar-refractivity contribution is -0.114. The van der Waals surface area contributed by atoms with E-state index in [1.54, 1.807) is 29.2 Å². The molecule has 1 atom stereocenters. The second-order valence-electron chi connectivity index (χ2n) is 4.69. The quantitative estimate of drug-likeness (QED) is 0.878. The molecule has 1 aromatic rings. The van der Waals surface area contributed by atoms with Crippen molar-refractivity contribution in [3.63, 3.8) is 0 Å². The predicted octanol–water partition coefficient (Wildman–Crippen LogP) is 1.51. The second-order valence-corrected chi connectivity index (χ2v) is 4.69. The number of ether oxygens (including phenoxy) is 1. The van der Waals surface area contributed by atoms with Gasteiger partial charge in [-0.1, -0.05) is 0 Å². The third kappa shape index (κ3) is 3.54. The molecule has 0 aliphatic carbocycles. The summed E-state index contributed by atoms with van der Waals surface area (Å²) in [5.41, 5.74) is 1.32. The number of morpholine rings is 1. The van der Waals surface area contributed by atoms with E-state index in [0.29, 0.717) is 30.9 Å². The normalized spacial score (nSPS) is 19.1. The van der Waals surface area contributed by atoms with Crippen molar-refractivity contribution in [2.45, 2.75) is 20.0 Å². The summed E-state index contributed by atoms with van der Waals surface area (Å²) >= 11 is 0. The van der Waals surface area contributed by atoms with Gasteiger partial charge < -0.3 is 15.0 Å². The van der Waals surface area contributed by atoms with Crippen LogP contribution in [0, 0.1) is 0 Å². The number of carbonyl (C=O) groups excluding carboxylic acids is 2. The van der Waals surface area contributed by atoms with Crippen LogP contribution in [0.25, 0.3) is 0 Å². The van der Waals surface area contributed by atoms with Gasteiger partial charge in [0.15, 0.2) is 0 Å². The number of benzene rings is 1. The van der Waals surface area contributed by atoms with Gasteiger partial charge in [-0.3, -0.25) is 9.59 Å². The molecule has 102 valence electrons. The number of nitrogens with zero attached hydrogens (tertiary/aromatic N) is 1. The molecule has 5 nitrogen and oxygen atoms in total. The molecule has 2 amide bonds. The number of amides is 2. The molecule has 1 aliphatic rings. The Bertz CT molecular complexity index is 470. The van der Waals surface area contributed by atoms with E-state index in [1.165, 1.54) is 6.92 Å². The SMILES string of the molecule is CC(=O)Nc1ccc(C(=O)N2CCO[C@H](C)C2)cc1. The first kappa shape index (κ1) is 13.5. The lowest BCUT2D eigenvalue weighted by Crippen LogP contribution is -2.44. The molecule has 1 N–H and O–H groups in total. The van der Waals surface area contributed by atoms with Crippen LogP contribution in [0.3, 0.4) is 0 Å². The van der Waals surface area contributed by atoms with E-state index < -0.39 is 0 Å². The fourth-order valence-corrected chi connectivity index (χ4v) is 2.08. The molecule has 2 rings (SSSR count). The first-order valence-electron chi connectivity index (χ1n) is 6.35. The van der Waals surface area contributed by atoms with Gasteiger partial charge in [0.2, 0.25) is 5.91 Å². The Hall–Kier alpha value is -1.88. The molecule has 0 bridgehead atoms. The maximum absolute atomic E-state index is 12.3. The van der Waals surface area contributed by atoms with Crippen LogP contribution in [0.5, 0.6) is 0 Å². The molecule has 0 unspecified atom stereocenters. The molecule has 0 saturated carbocycles. The number of rotatable bonds is 2. The highest BCUT2D eigenvalue weighted by atomic mass is 16.5. The molecule has 1 saturated heterocycles. The average Bonchev–Trinajstić information content (AvgIpc) is 2.38. The molecular formula is C14H18N2O3. The van der Waals surface area contributed by atoms with Gasteiger partial charge in [-0.15, -0.1) is 0 Å². The van der Waals surface area contributed by atoms with Crippen molar-refractivity contribution >= 4 is 17.5 Å². The van der Waals surface area contributed by atoms with E-state index in [-0.39, 0.29) is 17.9 Å². The summed E-state index contributed by atoms with van der Waals surface area (Å²) in [6.45, 7) is 5.23. The topological polar surface area (TPSA) is 58.6 Å². The summed E-state index contributed by atoms with van der Waals surface area (Å²) in [7, 11) is 0. The van der Waals surface area contributed by atoms with Crippen LogP contribution in [-0.2, 0) is 9.53 Å². The zero-order chi connectivity index (χ0) is 13.8. The van der Waals surface area contributed by atoms with Gasteiger partial charge in [0.1, 0.15) is 0 Å². The number of hydrogen-bond acceptors (Lipinski definition) is 3. The molecule has 0 spiro atoms. The van der Waals surface area contributed by atoms with Crippen LogP contribution in [0.15, 0.2) is 24.3 Å². The number of anilines is 1. The minimum atomic E-state index is -0.124. The molecule has 5 heteroatoms. The average molecular weight is 262 g/mol.